The number of hydrogen-bond acceptors (Lipinski definition) is 3. The first-order valence-electron chi connectivity index (χ1n) is 11.7. The van der Waals surface area contributed by atoms with E-state index in [-0.39, 0.29) is 16.9 Å². The zero-order valence-corrected chi connectivity index (χ0v) is 19.9. The van der Waals surface area contributed by atoms with Crippen LogP contribution in [0.5, 0.6) is 0 Å². The summed E-state index contributed by atoms with van der Waals surface area (Å²) in [7, 11) is 0. The van der Waals surface area contributed by atoms with Crippen molar-refractivity contribution >= 4 is 34.8 Å². The zero-order chi connectivity index (χ0) is 23.8. The second kappa shape index (κ2) is 11.6. The van der Waals surface area contributed by atoms with Crippen molar-refractivity contribution in [3.8, 4) is 0 Å². The lowest BCUT2D eigenvalue weighted by molar-refractivity contribution is -0.120. The minimum atomic E-state index is -0.488. The number of benzene rings is 3. The van der Waals surface area contributed by atoms with Gasteiger partial charge in [-0.1, -0.05) is 79.6 Å². The number of hydrogen-bond donors (Lipinski definition) is 2. The summed E-state index contributed by atoms with van der Waals surface area (Å²) < 4.78 is 0. The Labute approximate surface area is 206 Å². The predicted molar refractivity (Wildman–Crippen MR) is 140 cm³/mol. The molecule has 1 aliphatic rings. The molecule has 0 aliphatic carbocycles. The molecule has 4 rings (SSSR count). The van der Waals surface area contributed by atoms with Crippen LogP contribution in [0.2, 0.25) is 0 Å². The Bertz CT molecular complexity index is 1090. The van der Waals surface area contributed by atoms with Crippen molar-refractivity contribution in [2.45, 2.75) is 31.6 Å². The van der Waals surface area contributed by atoms with Gasteiger partial charge in [0.1, 0.15) is 0 Å². The van der Waals surface area contributed by atoms with Gasteiger partial charge in [-0.25, -0.2) is 0 Å². The summed E-state index contributed by atoms with van der Waals surface area (Å²) in [6.45, 7) is 1.59. The van der Waals surface area contributed by atoms with E-state index in [1.807, 2.05) is 83.8 Å². The highest BCUT2D eigenvalue weighted by Gasteiger charge is 2.23. The number of rotatable bonds is 5. The van der Waals surface area contributed by atoms with Crippen LogP contribution in [0.3, 0.4) is 0 Å². The molecule has 5 nitrogen and oxygen atoms in total. The number of carbonyl (C=O) groups is 2. The lowest BCUT2D eigenvalue weighted by atomic mass is 9.90. The molecule has 2 amide bonds. The van der Waals surface area contributed by atoms with E-state index in [2.05, 4.69) is 10.6 Å². The predicted octanol–water partition coefficient (Wildman–Crippen LogP) is 5.35. The van der Waals surface area contributed by atoms with Crippen molar-refractivity contribution in [2.75, 3.05) is 18.4 Å². The van der Waals surface area contributed by atoms with E-state index in [0.717, 1.165) is 37.1 Å². The summed E-state index contributed by atoms with van der Waals surface area (Å²) in [4.78, 5) is 28.2. The number of likely N-dealkylation sites (tertiary alicyclic amines) is 1. The lowest BCUT2D eigenvalue weighted by Crippen LogP contribution is -2.38. The molecular formula is C28H29N3O2S. The van der Waals surface area contributed by atoms with Crippen LogP contribution in [-0.2, 0) is 4.79 Å². The van der Waals surface area contributed by atoms with Gasteiger partial charge in [0.05, 0.1) is 5.92 Å². The maximum atomic E-state index is 13.3. The molecular weight excluding hydrogens is 442 g/mol. The van der Waals surface area contributed by atoms with E-state index in [4.69, 9.17) is 12.2 Å². The summed E-state index contributed by atoms with van der Waals surface area (Å²) in [6, 6.07) is 26.5. The van der Waals surface area contributed by atoms with E-state index in [9.17, 15) is 9.59 Å². The second-order valence-electron chi connectivity index (χ2n) is 8.48. The molecule has 0 atom stereocenters. The fourth-order valence-corrected chi connectivity index (χ4v) is 4.54. The van der Waals surface area contributed by atoms with Crippen molar-refractivity contribution in [1.29, 1.82) is 0 Å². The summed E-state index contributed by atoms with van der Waals surface area (Å²) in [5, 5.41) is 6.10. The van der Waals surface area contributed by atoms with Crippen molar-refractivity contribution in [2.24, 2.45) is 0 Å². The van der Waals surface area contributed by atoms with Crippen LogP contribution in [0, 0.1) is 0 Å². The van der Waals surface area contributed by atoms with Crippen LogP contribution in [0.1, 0.15) is 53.1 Å². The third-order valence-corrected chi connectivity index (χ3v) is 6.23. The minimum absolute atomic E-state index is 0.0359. The third kappa shape index (κ3) is 6.08. The van der Waals surface area contributed by atoms with Crippen LogP contribution < -0.4 is 10.6 Å². The standard InChI is InChI=1S/C28H29N3O2S/c32-26(25(21-12-5-3-6-13-21)22-14-7-4-8-15-22)30-28(34)29-24-17-11-16-23(20-24)27(33)31-18-9-1-2-10-19-31/h3-8,11-17,20,25H,1-2,9-10,18-19H2,(H2,29,30,32,34). The second-order valence-corrected chi connectivity index (χ2v) is 8.89. The highest BCUT2D eigenvalue weighted by molar-refractivity contribution is 7.80. The number of nitrogens with one attached hydrogen (secondary N) is 2. The van der Waals surface area contributed by atoms with Crippen molar-refractivity contribution < 1.29 is 9.59 Å². The maximum absolute atomic E-state index is 13.3. The first-order valence-corrected chi connectivity index (χ1v) is 12.1. The van der Waals surface area contributed by atoms with Gasteiger partial charge in [-0.3, -0.25) is 9.59 Å². The molecule has 0 bridgehead atoms. The molecule has 6 heteroatoms. The van der Waals surface area contributed by atoms with Crippen LogP contribution >= 0.6 is 12.2 Å². The molecule has 1 heterocycles. The fraction of sp³-hybridized carbons (Fsp3) is 0.250. The zero-order valence-electron chi connectivity index (χ0n) is 19.1. The number of nitrogens with zero attached hydrogens (tertiary/aromatic N) is 1. The van der Waals surface area contributed by atoms with Crippen molar-refractivity contribution in [1.82, 2.24) is 10.2 Å². The molecule has 0 unspecified atom stereocenters. The van der Waals surface area contributed by atoms with Gasteiger partial charge in [-0.15, -0.1) is 0 Å². The van der Waals surface area contributed by atoms with Gasteiger partial charge in [0.2, 0.25) is 5.91 Å². The number of thiocarbonyl (C=S) groups is 1. The third-order valence-electron chi connectivity index (χ3n) is 6.03. The molecule has 174 valence electrons. The first kappa shape index (κ1) is 23.6. The molecule has 0 radical (unpaired) electrons. The van der Waals surface area contributed by atoms with E-state index >= 15 is 0 Å². The minimum Gasteiger partial charge on any atom is -0.339 e. The van der Waals surface area contributed by atoms with Gasteiger partial charge < -0.3 is 15.5 Å². The van der Waals surface area contributed by atoms with Gasteiger partial charge in [-0.2, -0.15) is 0 Å². The number of carbonyl (C=O) groups excluding carboxylic acids is 2. The highest BCUT2D eigenvalue weighted by Crippen LogP contribution is 2.25. The molecule has 1 aliphatic heterocycles. The average Bonchev–Trinajstić information content (AvgIpc) is 3.15. The Balaban J connectivity index is 1.45. The van der Waals surface area contributed by atoms with Crippen LogP contribution in [0.4, 0.5) is 5.69 Å². The molecule has 3 aromatic carbocycles. The lowest BCUT2D eigenvalue weighted by Gasteiger charge is -2.21. The molecule has 2 N–H and O–H groups in total. The maximum Gasteiger partial charge on any atom is 0.253 e. The summed E-state index contributed by atoms with van der Waals surface area (Å²) in [6.07, 6.45) is 4.44. The van der Waals surface area contributed by atoms with E-state index in [0.29, 0.717) is 11.3 Å². The molecule has 34 heavy (non-hydrogen) atoms. The van der Waals surface area contributed by atoms with Crippen LogP contribution in [0.25, 0.3) is 0 Å². The van der Waals surface area contributed by atoms with Gasteiger partial charge in [0.25, 0.3) is 5.91 Å². The van der Waals surface area contributed by atoms with Crippen molar-refractivity contribution in [3.63, 3.8) is 0 Å². The molecule has 0 spiro atoms. The largest absolute Gasteiger partial charge is 0.339 e. The monoisotopic (exact) mass is 471 g/mol. The van der Waals surface area contributed by atoms with Gasteiger partial charge in [0, 0.05) is 24.3 Å². The summed E-state index contributed by atoms with van der Waals surface area (Å²) >= 11 is 5.45. The smallest absolute Gasteiger partial charge is 0.253 e. The Morgan fingerprint density at radius 2 is 1.35 bits per heavy atom. The normalized spacial score (nSPS) is 13.7. The van der Waals surface area contributed by atoms with E-state index in [1.165, 1.54) is 12.8 Å². The highest BCUT2D eigenvalue weighted by atomic mass is 32.1. The summed E-state index contributed by atoms with van der Waals surface area (Å²) in [5.41, 5.74) is 3.06. The SMILES string of the molecule is O=C(NC(=S)Nc1cccc(C(=O)N2CCCCCC2)c1)C(c1ccccc1)c1ccccc1. The van der Waals surface area contributed by atoms with Crippen LogP contribution in [0.15, 0.2) is 84.9 Å². The number of anilines is 1. The molecule has 1 fully saturated rings. The Morgan fingerprint density at radius 3 is 1.94 bits per heavy atom. The van der Waals surface area contributed by atoms with Gasteiger partial charge in [0.15, 0.2) is 5.11 Å². The van der Waals surface area contributed by atoms with Gasteiger partial charge in [-0.05, 0) is 54.4 Å². The molecule has 0 aromatic heterocycles. The summed E-state index contributed by atoms with van der Waals surface area (Å²) in [5.74, 6) is -0.668. The Morgan fingerprint density at radius 1 is 0.765 bits per heavy atom. The Kier molecular flexibility index (Phi) is 8.04. The Hall–Kier alpha value is -3.51. The first-order chi connectivity index (χ1) is 16.6. The topological polar surface area (TPSA) is 61.4 Å². The van der Waals surface area contributed by atoms with E-state index < -0.39 is 5.92 Å². The van der Waals surface area contributed by atoms with E-state index in [1.54, 1.807) is 6.07 Å². The molecule has 0 saturated carbocycles. The van der Waals surface area contributed by atoms with Crippen molar-refractivity contribution in [3.05, 3.63) is 102 Å². The molecule has 3 aromatic rings. The van der Waals surface area contributed by atoms with Crippen LogP contribution in [-0.4, -0.2) is 34.9 Å². The average molecular weight is 472 g/mol. The fourth-order valence-electron chi connectivity index (χ4n) is 4.32. The molecule has 1 saturated heterocycles. The number of amides is 2. The van der Waals surface area contributed by atoms with Gasteiger partial charge >= 0.3 is 0 Å². The quantitative estimate of drug-likeness (QED) is 0.493.